The quantitative estimate of drug-likeness (QED) is 0.677. The van der Waals surface area contributed by atoms with Crippen molar-refractivity contribution in [2.75, 3.05) is 19.7 Å². The molecule has 0 aliphatic heterocycles. The number of nitrogens with one attached hydrogen (secondary N) is 2. The number of rotatable bonds is 7. The molecule has 1 aromatic carbocycles. The number of benzene rings is 1. The SMILES string of the molecule is CC(=O)NCCc1ccc(C(C)NCCO)cc1. The average Bonchev–Trinajstić information content (AvgIpc) is 2.36. The fraction of sp³-hybridized carbons (Fsp3) is 0.500. The third-order valence-corrected chi connectivity index (χ3v) is 2.83. The molecule has 0 aromatic heterocycles. The lowest BCUT2D eigenvalue weighted by molar-refractivity contribution is -0.118. The summed E-state index contributed by atoms with van der Waals surface area (Å²) in [4.78, 5) is 10.7. The maximum atomic E-state index is 10.7. The Balaban J connectivity index is 2.44. The van der Waals surface area contributed by atoms with Gasteiger partial charge in [-0.15, -0.1) is 0 Å². The highest BCUT2D eigenvalue weighted by Gasteiger charge is 2.03. The summed E-state index contributed by atoms with van der Waals surface area (Å²) < 4.78 is 0. The predicted octanol–water partition coefficient (Wildman–Crippen LogP) is 1.01. The third kappa shape index (κ3) is 5.29. The Bertz CT molecular complexity index is 363. The van der Waals surface area contributed by atoms with E-state index in [1.54, 1.807) is 0 Å². The highest BCUT2D eigenvalue weighted by Crippen LogP contribution is 2.13. The van der Waals surface area contributed by atoms with E-state index in [1.807, 2.05) is 0 Å². The summed E-state index contributed by atoms with van der Waals surface area (Å²) in [7, 11) is 0. The van der Waals surface area contributed by atoms with Crippen LogP contribution >= 0.6 is 0 Å². The minimum absolute atomic E-state index is 0.00782. The van der Waals surface area contributed by atoms with Crippen molar-refractivity contribution >= 4 is 5.91 Å². The molecule has 0 aliphatic carbocycles. The second kappa shape index (κ2) is 7.84. The standard InChI is InChI=1S/C14H22N2O2/c1-11(15-9-10-17)14-5-3-13(4-6-14)7-8-16-12(2)18/h3-6,11,15,17H,7-10H2,1-2H3,(H,16,18). The van der Waals surface area contributed by atoms with Crippen molar-refractivity contribution in [1.82, 2.24) is 10.6 Å². The number of aliphatic hydroxyl groups is 1. The van der Waals surface area contributed by atoms with E-state index in [1.165, 1.54) is 18.1 Å². The van der Waals surface area contributed by atoms with Gasteiger partial charge in [0, 0.05) is 26.1 Å². The van der Waals surface area contributed by atoms with E-state index >= 15 is 0 Å². The van der Waals surface area contributed by atoms with Gasteiger partial charge in [-0.2, -0.15) is 0 Å². The van der Waals surface area contributed by atoms with Crippen LogP contribution < -0.4 is 10.6 Å². The van der Waals surface area contributed by atoms with Crippen LogP contribution in [0.1, 0.15) is 31.0 Å². The molecule has 1 amide bonds. The van der Waals surface area contributed by atoms with Crippen LogP contribution in [0.2, 0.25) is 0 Å². The van der Waals surface area contributed by atoms with Gasteiger partial charge in [0.1, 0.15) is 0 Å². The number of amides is 1. The van der Waals surface area contributed by atoms with Crippen LogP contribution in [-0.4, -0.2) is 30.7 Å². The minimum Gasteiger partial charge on any atom is -0.395 e. The zero-order valence-electron chi connectivity index (χ0n) is 11.1. The molecule has 1 rings (SSSR count). The highest BCUT2D eigenvalue weighted by atomic mass is 16.3. The fourth-order valence-electron chi connectivity index (χ4n) is 1.75. The summed E-state index contributed by atoms with van der Waals surface area (Å²) in [6.45, 7) is 5.02. The molecule has 0 spiro atoms. The molecule has 1 aromatic rings. The maximum Gasteiger partial charge on any atom is 0.216 e. The van der Waals surface area contributed by atoms with Crippen molar-refractivity contribution in [2.45, 2.75) is 26.3 Å². The van der Waals surface area contributed by atoms with Crippen molar-refractivity contribution in [1.29, 1.82) is 0 Å². The minimum atomic E-state index is 0.00782. The summed E-state index contributed by atoms with van der Waals surface area (Å²) in [5.41, 5.74) is 2.41. The smallest absolute Gasteiger partial charge is 0.216 e. The molecule has 4 heteroatoms. The van der Waals surface area contributed by atoms with Crippen molar-refractivity contribution in [3.63, 3.8) is 0 Å². The van der Waals surface area contributed by atoms with Crippen LogP contribution in [0.25, 0.3) is 0 Å². The van der Waals surface area contributed by atoms with Crippen molar-refractivity contribution < 1.29 is 9.90 Å². The largest absolute Gasteiger partial charge is 0.395 e. The van der Waals surface area contributed by atoms with Gasteiger partial charge >= 0.3 is 0 Å². The van der Waals surface area contributed by atoms with Crippen LogP contribution in [0.4, 0.5) is 0 Å². The van der Waals surface area contributed by atoms with E-state index in [2.05, 4.69) is 41.8 Å². The Morgan fingerprint density at radius 1 is 1.28 bits per heavy atom. The summed E-state index contributed by atoms with van der Waals surface area (Å²) in [6.07, 6.45) is 0.846. The normalized spacial score (nSPS) is 12.2. The van der Waals surface area contributed by atoms with Crippen LogP contribution in [-0.2, 0) is 11.2 Å². The second-order valence-corrected chi connectivity index (χ2v) is 4.37. The van der Waals surface area contributed by atoms with Gasteiger partial charge in [0.15, 0.2) is 0 Å². The zero-order chi connectivity index (χ0) is 13.4. The predicted molar refractivity (Wildman–Crippen MR) is 72.3 cm³/mol. The second-order valence-electron chi connectivity index (χ2n) is 4.37. The fourth-order valence-corrected chi connectivity index (χ4v) is 1.75. The van der Waals surface area contributed by atoms with Crippen LogP contribution in [0.3, 0.4) is 0 Å². The molecule has 0 fully saturated rings. The van der Waals surface area contributed by atoms with Crippen molar-refractivity contribution in [2.24, 2.45) is 0 Å². The molecule has 4 nitrogen and oxygen atoms in total. The Morgan fingerprint density at radius 3 is 2.50 bits per heavy atom. The first-order valence-corrected chi connectivity index (χ1v) is 6.31. The molecular formula is C14H22N2O2. The van der Waals surface area contributed by atoms with E-state index in [4.69, 9.17) is 5.11 Å². The highest BCUT2D eigenvalue weighted by molar-refractivity contribution is 5.72. The van der Waals surface area contributed by atoms with Crippen LogP contribution in [0.15, 0.2) is 24.3 Å². The van der Waals surface area contributed by atoms with Gasteiger partial charge in [-0.1, -0.05) is 24.3 Å². The third-order valence-electron chi connectivity index (χ3n) is 2.83. The number of aliphatic hydroxyl groups excluding tert-OH is 1. The molecule has 18 heavy (non-hydrogen) atoms. The van der Waals surface area contributed by atoms with Gasteiger partial charge in [0.2, 0.25) is 5.91 Å². The van der Waals surface area contributed by atoms with E-state index < -0.39 is 0 Å². The molecule has 0 heterocycles. The van der Waals surface area contributed by atoms with Crippen molar-refractivity contribution in [3.8, 4) is 0 Å². The monoisotopic (exact) mass is 250 g/mol. The molecular weight excluding hydrogens is 228 g/mol. The maximum absolute atomic E-state index is 10.7. The Kier molecular flexibility index (Phi) is 6.39. The first kappa shape index (κ1) is 14.7. The number of carbonyl (C=O) groups excluding carboxylic acids is 1. The molecule has 100 valence electrons. The molecule has 0 saturated heterocycles. The summed E-state index contributed by atoms with van der Waals surface area (Å²) >= 11 is 0. The summed E-state index contributed by atoms with van der Waals surface area (Å²) in [6, 6.07) is 8.56. The van der Waals surface area contributed by atoms with E-state index in [0.717, 1.165) is 6.42 Å². The molecule has 1 unspecified atom stereocenters. The van der Waals surface area contributed by atoms with Gasteiger partial charge in [0.25, 0.3) is 0 Å². The number of carbonyl (C=O) groups is 1. The van der Waals surface area contributed by atoms with Crippen molar-refractivity contribution in [3.05, 3.63) is 35.4 Å². The van der Waals surface area contributed by atoms with Gasteiger partial charge in [-0.05, 0) is 24.5 Å². The lowest BCUT2D eigenvalue weighted by Crippen LogP contribution is -2.23. The molecule has 0 saturated carbocycles. The summed E-state index contributed by atoms with van der Waals surface area (Å²) in [5.74, 6) is 0.00782. The molecule has 0 aliphatic rings. The first-order valence-electron chi connectivity index (χ1n) is 6.31. The van der Waals surface area contributed by atoms with E-state index in [9.17, 15) is 4.79 Å². The van der Waals surface area contributed by atoms with E-state index in [-0.39, 0.29) is 18.6 Å². The van der Waals surface area contributed by atoms with Gasteiger partial charge in [-0.3, -0.25) is 4.79 Å². The van der Waals surface area contributed by atoms with Gasteiger partial charge < -0.3 is 15.7 Å². The number of hydrogen-bond acceptors (Lipinski definition) is 3. The molecule has 1 atom stereocenters. The molecule has 0 bridgehead atoms. The Morgan fingerprint density at radius 2 is 1.94 bits per heavy atom. The Hall–Kier alpha value is -1.39. The zero-order valence-corrected chi connectivity index (χ0v) is 11.1. The lowest BCUT2D eigenvalue weighted by Gasteiger charge is -2.13. The van der Waals surface area contributed by atoms with Gasteiger partial charge in [-0.25, -0.2) is 0 Å². The Labute approximate surface area is 108 Å². The first-order chi connectivity index (χ1) is 8.63. The van der Waals surface area contributed by atoms with Crippen LogP contribution in [0, 0.1) is 0 Å². The molecule has 0 radical (unpaired) electrons. The van der Waals surface area contributed by atoms with Gasteiger partial charge in [0.05, 0.1) is 6.61 Å². The number of hydrogen-bond donors (Lipinski definition) is 3. The average molecular weight is 250 g/mol. The molecule has 3 N–H and O–H groups in total. The van der Waals surface area contributed by atoms with E-state index in [0.29, 0.717) is 13.1 Å². The summed E-state index contributed by atoms with van der Waals surface area (Å²) in [5, 5.41) is 14.8. The lowest BCUT2D eigenvalue weighted by atomic mass is 10.0. The topological polar surface area (TPSA) is 61.4 Å². The van der Waals surface area contributed by atoms with Crippen LogP contribution in [0.5, 0.6) is 0 Å².